The minimum Gasteiger partial charge on any atom is -0.494 e. The van der Waals surface area contributed by atoms with Crippen LogP contribution in [0.1, 0.15) is 45.6 Å². The first-order chi connectivity index (χ1) is 12.2. The summed E-state index contributed by atoms with van der Waals surface area (Å²) in [6.45, 7) is 8.92. The SMILES string of the molecule is CCCCOc1cccc(CNc2ccc(OCCC(C)C)cc2)c1. The molecule has 0 aliphatic heterocycles. The Labute approximate surface area is 152 Å². The van der Waals surface area contributed by atoms with E-state index in [0.717, 1.165) is 56.2 Å². The molecule has 3 heteroatoms. The van der Waals surface area contributed by atoms with Gasteiger partial charge in [0.2, 0.25) is 0 Å². The highest BCUT2D eigenvalue weighted by Crippen LogP contribution is 2.19. The van der Waals surface area contributed by atoms with E-state index in [-0.39, 0.29) is 0 Å². The van der Waals surface area contributed by atoms with Crippen LogP contribution in [-0.4, -0.2) is 13.2 Å². The standard InChI is InChI=1S/C22H31NO2/c1-4-5-14-24-22-8-6-7-19(16-22)17-23-20-9-11-21(12-10-20)25-15-13-18(2)3/h6-12,16,18,23H,4-5,13-15,17H2,1-3H3. The lowest BCUT2D eigenvalue weighted by molar-refractivity contribution is 0.289. The molecule has 0 saturated carbocycles. The first kappa shape index (κ1) is 19.2. The van der Waals surface area contributed by atoms with Crippen LogP contribution in [0.5, 0.6) is 11.5 Å². The van der Waals surface area contributed by atoms with Gasteiger partial charge in [-0.2, -0.15) is 0 Å². The fourth-order valence-corrected chi connectivity index (χ4v) is 2.37. The lowest BCUT2D eigenvalue weighted by Crippen LogP contribution is -2.02. The maximum Gasteiger partial charge on any atom is 0.119 e. The van der Waals surface area contributed by atoms with Gasteiger partial charge in [0.05, 0.1) is 13.2 Å². The maximum absolute atomic E-state index is 5.76. The zero-order valence-corrected chi connectivity index (χ0v) is 15.8. The van der Waals surface area contributed by atoms with E-state index in [1.165, 1.54) is 5.56 Å². The zero-order chi connectivity index (χ0) is 17.9. The van der Waals surface area contributed by atoms with Crippen molar-refractivity contribution in [2.24, 2.45) is 5.92 Å². The predicted octanol–water partition coefficient (Wildman–Crippen LogP) is 5.90. The van der Waals surface area contributed by atoms with E-state index in [0.29, 0.717) is 5.92 Å². The molecule has 0 aliphatic carbocycles. The highest BCUT2D eigenvalue weighted by atomic mass is 16.5. The number of hydrogen-bond donors (Lipinski definition) is 1. The summed E-state index contributed by atoms with van der Waals surface area (Å²) in [5.41, 5.74) is 2.31. The molecule has 2 aromatic carbocycles. The van der Waals surface area contributed by atoms with Gasteiger partial charge < -0.3 is 14.8 Å². The summed E-state index contributed by atoms with van der Waals surface area (Å²) in [4.78, 5) is 0. The summed E-state index contributed by atoms with van der Waals surface area (Å²) in [5.74, 6) is 2.54. The van der Waals surface area contributed by atoms with Crippen molar-refractivity contribution in [1.29, 1.82) is 0 Å². The fraction of sp³-hybridized carbons (Fsp3) is 0.455. The van der Waals surface area contributed by atoms with Gasteiger partial charge in [0, 0.05) is 12.2 Å². The Hall–Kier alpha value is -2.16. The van der Waals surface area contributed by atoms with E-state index >= 15 is 0 Å². The third-order valence-corrected chi connectivity index (χ3v) is 3.98. The number of benzene rings is 2. The monoisotopic (exact) mass is 341 g/mol. The molecule has 0 atom stereocenters. The molecule has 2 aromatic rings. The summed E-state index contributed by atoms with van der Waals surface area (Å²) >= 11 is 0. The summed E-state index contributed by atoms with van der Waals surface area (Å²) in [5, 5.41) is 3.45. The first-order valence-corrected chi connectivity index (χ1v) is 9.36. The van der Waals surface area contributed by atoms with Crippen LogP contribution in [0.3, 0.4) is 0 Å². The van der Waals surface area contributed by atoms with Crippen molar-refractivity contribution in [2.75, 3.05) is 18.5 Å². The van der Waals surface area contributed by atoms with Crippen LogP contribution >= 0.6 is 0 Å². The first-order valence-electron chi connectivity index (χ1n) is 9.36. The lowest BCUT2D eigenvalue weighted by Gasteiger charge is -2.11. The van der Waals surface area contributed by atoms with Gasteiger partial charge in [-0.3, -0.25) is 0 Å². The molecule has 2 rings (SSSR count). The molecule has 136 valence electrons. The average Bonchev–Trinajstić information content (AvgIpc) is 2.61. The highest BCUT2D eigenvalue weighted by Gasteiger charge is 2.00. The van der Waals surface area contributed by atoms with Crippen LogP contribution in [0.15, 0.2) is 48.5 Å². The lowest BCUT2D eigenvalue weighted by atomic mass is 10.1. The Morgan fingerprint density at radius 1 is 0.920 bits per heavy atom. The van der Waals surface area contributed by atoms with Gasteiger partial charge in [0.15, 0.2) is 0 Å². The second-order valence-electron chi connectivity index (χ2n) is 6.76. The topological polar surface area (TPSA) is 30.5 Å². The third kappa shape index (κ3) is 7.51. The molecule has 0 amide bonds. The van der Waals surface area contributed by atoms with Crippen LogP contribution in [0.2, 0.25) is 0 Å². The molecular formula is C22H31NO2. The van der Waals surface area contributed by atoms with Crippen molar-refractivity contribution >= 4 is 5.69 Å². The van der Waals surface area contributed by atoms with Crippen LogP contribution in [-0.2, 0) is 6.54 Å². The van der Waals surface area contributed by atoms with Gasteiger partial charge in [-0.05, 0) is 60.7 Å². The van der Waals surface area contributed by atoms with Gasteiger partial charge in [-0.1, -0.05) is 39.3 Å². The summed E-state index contributed by atoms with van der Waals surface area (Å²) in [6, 6.07) is 16.4. The third-order valence-electron chi connectivity index (χ3n) is 3.98. The van der Waals surface area contributed by atoms with Crippen molar-refractivity contribution < 1.29 is 9.47 Å². The Balaban J connectivity index is 1.79. The molecule has 0 unspecified atom stereocenters. The summed E-state index contributed by atoms with van der Waals surface area (Å²) in [6.07, 6.45) is 3.32. The molecule has 0 fully saturated rings. The van der Waals surface area contributed by atoms with E-state index < -0.39 is 0 Å². The van der Waals surface area contributed by atoms with Crippen molar-refractivity contribution in [3.8, 4) is 11.5 Å². The van der Waals surface area contributed by atoms with Crippen molar-refractivity contribution in [2.45, 2.75) is 46.6 Å². The second-order valence-corrected chi connectivity index (χ2v) is 6.76. The van der Waals surface area contributed by atoms with Gasteiger partial charge >= 0.3 is 0 Å². The second kappa shape index (κ2) is 10.7. The number of nitrogens with one attached hydrogen (secondary N) is 1. The Bertz CT molecular complexity index is 608. The Morgan fingerprint density at radius 2 is 1.68 bits per heavy atom. The molecule has 25 heavy (non-hydrogen) atoms. The number of ether oxygens (including phenoxy) is 2. The molecule has 1 N–H and O–H groups in total. The minimum atomic E-state index is 0.669. The maximum atomic E-state index is 5.76. The largest absolute Gasteiger partial charge is 0.494 e. The molecule has 0 aliphatic rings. The van der Waals surface area contributed by atoms with Crippen molar-refractivity contribution in [3.05, 3.63) is 54.1 Å². The molecule has 0 bridgehead atoms. The van der Waals surface area contributed by atoms with Crippen LogP contribution in [0, 0.1) is 5.92 Å². The summed E-state index contributed by atoms with van der Waals surface area (Å²) < 4.78 is 11.5. The van der Waals surface area contributed by atoms with E-state index in [4.69, 9.17) is 9.47 Å². The highest BCUT2D eigenvalue weighted by molar-refractivity contribution is 5.47. The Morgan fingerprint density at radius 3 is 2.40 bits per heavy atom. The fourth-order valence-electron chi connectivity index (χ4n) is 2.37. The molecule has 0 saturated heterocycles. The van der Waals surface area contributed by atoms with E-state index in [1.54, 1.807) is 0 Å². The summed E-state index contributed by atoms with van der Waals surface area (Å²) in [7, 11) is 0. The van der Waals surface area contributed by atoms with Gasteiger partial charge in [0.25, 0.3) is 0 Å². The number of rotatable bonds is 11. The van der Waals surface area contributed by atoms with E-state index in [1.807, 2.05) is 24.3 Å². The number of hydrogen-bond acceptors (Lipinski definition) is 3. The van der Waals surface area contributed by atoms with Crippen LogP contribution in [0.25, 0.3) is 0 Å². The smallest absolute Gasteiger partial charge is 0.119 e. The molecule has 0 radical (unpaired) electrons. The van der Waals surface area contributed by atoms with E-state index in [2.05, 4.69) is 50.4 Å². The normalized spacial score (nSPS) is 10.7. The Kier molecular flexibility index (Phi) is 8.17. The van der Waals surface area contributed by atoms with E-state index in [9.17, 15) is 0 Å². The van der Waals surface area contributed by atoms with Crippen molar-refractivity contribution in [3.63, 3.8) is 0 Å². The van der Waals surface area contributed by atoms with Crippen LogP contribution < -0.4 is 14.8 Å². The predicted molar refractivity (Wildman–Crippen MR) is 106 cm³/mol. The number of anilines is 1. The zero-order valence-electron chi connectivity index (χ0n) is 15.8. The molecule has 3 nitrogen and oxygen atoms in total. The average molecular weight is 341 g/mol. The molecule has 0 heterocycles. The number of unbranched alkanes of at least 4 members (excludes halogenated alkanes) is 1. The van der Waals surface area contributed by atoms with Crippen molar-refractivity contribution in [1.82, 2.24) is 0 Å². The molecule has 0 aromatic heterocycles. The molecular weight excluding hydrogens is 310 g/mol. The minimum absolute atomic E-state index is 0.669. The van der Waals surface area contributed by atoms with Gasteiger partial charge in [-0.25, -0.2) is 0 Å². The molecule has 0 spiro atoms. The van der Waals surface area contributed by atoms with Crippen LogP contribution in [0.4, 0.5) is 5.69 Å². The van der Waals surface area contributed by atoms with Gasteiger partial charge in [0.1, 0.15) is 11.5 Å². The quantitative estimate of drug-likeness (QED) is 0.516. The van der Waals surface area contributed by atoms with Gasteiger partial charge in [-0.15, -0.1) is 0 Å².